The Kier molecular flexibility index (Phi) is 4.97. The fourth-order valence-corrected chi connectivity index (χ4v) is 3.45. The summed E-state index contributed by atoms with van der Waals surface area (Å²) in [5, 5.41) is 0. The minimum atomic E-state index is -4.04. The maximum absolute atomic E-state index is 12.7. The highest BCUT2D eigenvalue weighted by Crippen LogP contribution is 2.40. The van der Waals surface area contributed by atoms with Crippen molar-refractivity contribution in [3.8, 4) is 0 Å². The summed E-state index contributed by atoms with van der Waals surface area (Å²) in [5.74, 6) is -0.913. The highest BCUT2D eigenvalue weighted by molar-refractivity contribution is 5.34. The molecule has 2 rings (SSSR count). The zero-order chi connectivity index (χ0) is 15.6. The summed E-state index contributed by atoms with van der Waals surface area (Å²) in [6.45, 7) is 4.13. The largest absolute Gasteiger partial charge is 0.391 e. The molecule has 1 saturated carbocycles. The highest BCUT2D eigenvalue weighted by Gasteiger charge is 2.42. The SMILES string of the molecule is Cc1cccc(C)c1CC(N)C1CCC(C(F)(F)F)CC1. The second kappa shape index (κ2) is 6.39. The molecule has 1 aromatic rings. The van der Waals surface area contributed by atoms with Crippen molar-refractivity contribution in [1.29, 1.82) is 0 Å². The molecule has 0 aromatic heterocycles. The second-order valence-electron chi connectivity index (χ2n) is 6.39. The van der Waals surface area contributed by atoms with Gasteiger partial charge < -0.3 is 5.73 Å². The first kappa shape index (κ1) is 16.3. The van der Waals surface area contributed by atoms with Crippen LogP contribution in [0.5, 0.6) is 0 Å². The molecule has 0 radical (unpaired) electrons. The average molecular weight is 299 g/mol. The topological polar surface area (TPSA) is 26.0 Å². The van der Waals surface area contributed by atoms with Crippen LogP contribution >= 0.6 is 0 Å². The van der Waals surface area contributed by atoms with Gasteiger partial charge in [-0.3, -0.25) is 0 Å². The maximum Gasteiger partial charge on any atom is 0.391 e. The van der Waals surface area contributed by atoms with Crippen LogP contribution in [0, 0.1) is 25.7 Å². The van der Waals surface area contributed by atoms with Crippen LogP contribution in [-0.4, -0.2) is 12.2 Å². The van der Waals surface area contributed by atoms with Crippen molar-refractivity contribution < 1.29 is 13.2 Å². The minimum Gasteiger partial charge on any atom is -0.327 e. The van der Waals surface area contributed by atoms with Crippen molar-refractivity contribution >= 4 is 0 Å². The Morgan fingerprint density at radius 3 is 2.10 bits per heavy atom. The molecule has 0 amide bonds. The van der Waals surface area contributed by atoms with E-state index in [-0.39, 0.29) is 24.8 Å². The minimum absolute atomic E-state index is 0.0426. The fraction of sp³-hybridized carbons (Fsp3) is 0.647. The predicted octanol–water partition coefficient (Wildman–Crippen LogP) is 4.54. The van der Waals surface area contributed by atoms with Gasteiger partial charge in [-0.15, -0.1) is 0 Å². The van der Waals surface area contributed by atoms with Crippen molar-refractivity contribution in [2.75, 3.05) is 0 Å². The third kappa shape index (κ3) is 4.00. The lowest BCUT2D eigenvalue weighted by Gasteiger charge is -2.33. The third-order valence-corrected chi connectivity index (χ3v) is 4.92. The van der Waals surface area contributed by atoms with E-state index in [0.29, 0.717) is 12.8 Å². The van der Waals surface area contributed by atoms with Crippen molar-refractivity contribution in [1.82, 2.24) is 0 Å². The number of benzene rings is 1. The molecule has 0 bridgehead atoms. The number of hydrogen-bond acceptors (Lipinski definition) is 1. The molecule has 1 aromatic carbocycles. The number of nitrogens with two attached hydrogens (primary N) is 1. The van der Waals surface area contributed by atoms with Gasteiger partial charge in [0.25, 0.3) is 0 Å². The molecular weight excluding hydrogens is 275 g/mol. The summed E-state index contributed by atoms with van der Waals surface area (Å²) in [5.41, 5.74) is 9.98. The molecule has 118 valence electrons. The Morgan fingerprint density at radius 2 is 1.62 bits per heavy atom. The molecule has 21 heavy (non-hydrogen) atoms. The second-order valence-corrected chi connectivity index (χ2v) is 6.39. The molecule has 1 atom stereocenters. The number of halogens is 3. The normalized spacial score (nSPS) is 24.9. The van der Waals surface area contributed by atoms with Crippen molar-refractivity contribution in [3.05, 3.63) is 34.9 Å². The van der Waals surface area contributed by atoms with Gasteiger partial charge in [-0.1, -0.05) is 18.2 Å². The van der Waals surface area contributed by atoms with Gasteiger partial charge in [-0.25, -0.2) is 0 Å². The molecule has 0 spiro atoms. The lowest BCUT2D eigenvalue weighted by molar-refractivity contribution is -0.184. The van der Waals surface area contributed by atoms with Gasteiger partial charge in [0.05, 0.1) is 5.92 Å². The van der Waals surface area contributed by atoms with Gasteiger partial charge >= 0.3 is 6.18 Å². The molecule has 0 aliphatic heterocycles. The molecular formula is C17H24F3N. The number of hydrogen-bond donors (Lipinski definition) is 1. The first-order valence-corrected chi connectivity index (χ1v) is 7.66. The van der Waals surface area contributed by atoms with Crippen LogP contribution in [0.2, 0.25) is 0 Å². The van der Waals surface area contributed by atoms with E-state index in [9.17, 15) is 13.2 Å². The highest BCUT2D eigenvalue weighted by atomic mass is 19.4. The standard InChI is InChI=1S/C17H24F3N/c1-11-4-3-5-12(2)15(11)10-16(21)13-6-8-14(9-7-13)17(18,19)20/h3-5,13-14,16H,6-10,21H2,1-2H3. The van der Waals surface area contributed by atoms with Crippen molar-refractivity contribution in [2.45, 2.75) is 58.2 Å². The first-order chi connectivity index (χ1) is 9.79. The molecule has 1 fully saturated rings. The Bertz CT molecular complexity index is 453. The Hall–Kier alpha value is -1.03. The van der Waals surface area contributed by atoms with Gasteiger partial charge in [0.2, 0.25) is 0 Å². The van der Waals surface area contributed by atoms with Crippen LogP contribution in [0.3, 0.4) is 0 Å². The van der Waals surface area contributed by atoms with Crippen LogP contribution in [0.4, 0.5) is 13.2 Å². The van der Waals surface area contributed by atoms with E-state index in [0.717, 1.165) is 6.42 Å². The Balaban J connectivity index is 1.95. The summed E-state index contributed by atoms with van der Waals surface area (Å²) in [4.78, 5) is 0. The Morgan fingerprint density at radius 1 is 1.10 bits per heavy atom. The van der Waals surface area contributed by atoms with E-state index >= 15 is 0 Å². The lowest BCUT2D eigenvalue weighted by Crippen LogP contribution is -2.37. The molecule has 1 aliphatic carbocycles. The summed E-state index contributed by atoms with van der Waals surface area (Å²) in [7, 11) is 0. The molecule has 1 nitrogen and oxygen atoms in total. The quantitative estimate of drug-likeness (QED) is 0.871. The lowest BCUT2D eigenvalue weighted by atomic mass is 9.76. The van der Waals surface area contributed by atoms with Crippen LogP contribution < -0.4 is 5.73 Å². The van der Waals surface area contributed by atoms with Gasteiger partial charge in [0.1, 0.15) is 0 Å². The van der Waals surface area contributed by atoms with Gasteiger partial charge in [-0.05, 0) is 68.6 Å². The van der Waals surface area contributed by atoms with E-state index in [1.165, 1.54) is 16.7 Å². The molecule has 1 aliphatic rings. The van der Waals surface area contributed by atoms with Crippen LogP contribution in [0.1, 0.15) is 42.4 Å². The number of alkyl halides is 3. The summed E-state index contributed by atoms with van der Waals surface area (Å²) < 4.78 is 38.1. The number of rotatable bonds is 3. The molecule has 1 unspecified atom stereocenters. The first-order valence-electron chi connectivity index (χ1n) is 7.66. The van der Waals surface area contributed by atoms with Gasteiger partial charge in [0.15, 0.2) is 0 Å². The fourth-order valence-electron chi connectivity index (χ4n) is 3.45. The van der Waals surface area contributed by atoms with Gasteiger partial charge in [0, 0.05) is 6.04 Å². The molecule has 2 N–H and O–H groups in total. The predicted molar refractivity (Wildman–Crippen MR) is 79.1 cm³/mol. The van der Waals surface area contributed by atoms with Gasteiger partial charge in [-0.2, -0.15) is 13.2 Å². The van der Waals surface area contributed by atoms with E-state index in [4.69, 9.17) is 5.73 Å². The average Bonchev–Trinajstić information content (AvgIpc) is 2.42. The zero-order valence-corrected chi connectivity index (χ0v) is 12.7. The molecule has 0 saturated heterocycles. The van der Waals surface area contributed by atoms with Crippen molar-refractivity contribution in [2.24, 2.45) is 17.6 Å². The van der Waals surface area contributed by atoms with E-state index in [2.05, 4.69) is 26.0 Å². The van der Waals surface area contributed by atoms with E-state index in [1.807, 2.05) is 6.07 Å². The Labute approximate surface area is 124 Å². The maximum atomic E-state index is 12.7. The van der Waals surface area contributed by atoms with Crippen molar-refractivity contribution in [3.63, 3.8) is 0 Å². The molecule has 0 heterocycles. The van der Waals surface area contributed by atoms with E-state index in [1.54, 1.807) is 0 Å². The van der Waals surface area contributed by atoms with E-state index < -0.39 is 12.1 Å². The summed E-state index contributed by atoms with van der Waals surface area (Å²) in [6, 6.07) is 6.11. The summed E-state index contributed by atoms with van der Waals surface area (Å²) in [6.07, 6.45) is -1.63. The smallest absolute Gasteiger partial charge is 0.327 e. The zero-order valence-electron chi connectivity index (χ0n) is 12.7. The van der Waals surface area contributed by atoms with Crippen LogP contribution in [-0.2, 0) is 6.42 Å². The van der Waals surface area contributed by atoms with Crippen LogP contribution in [0.25, 0.3) is 0 Å². The third-order valence-electron chi connectivity index (χ3n) is 4.92. The number of aryl methyl sites for hydroxylation is 2. The monoisotopic (exact) mass is 299 g/mol. The van der Waals surface area contributed by atoms with Crippen LogP contribution in [0.15, 0.2) is 18.2 Å². The molecule has 4 heteroatoms. The summed E-state index contributed by atoms with van der Waals surface area (Å²) >= 11 is 0.